The smallest absolute Gasteiger partial charge is 0.262 e. The molecule has 1 atom stereocenters. The van der Waals surface area contributed by atoms with Crippen LogP contribution in [0, 0.1) is 27.6 Å². The number of hydrogen-bond acceptors (Lipinski definition) is 9. The van der Waals surface area contributed by atoms with Crippen LogP contribution in [0.5, 0.6) is 5.75 Å². The Kier molecular flexibility index (Phi) is 9.48. The Balaban J connectivity index is 0.838. The third kappa shape index (κ3) is 6.74. The molecule has 3 aromatic carbocycles. The van der Waals surface area contributed by atoms with Gasteiger partial charge < -0.3 is 15.0 Å². The van der Waals surface area contributed by atoms with Crippen molar-refractivity contribution in [1.29, 1.82) is 5.26 Å². The summed E-state index contributed by atoms with van der Waals surface area (Å²) in [5, 5.41) is 15.1. The number of anilines is 1. The lowest BCUT2D eigenvalue weighted by Crippen LogP contribution is -2.74. The van der Waals surface area contributed by atoms with Crippen LogP contribution in [0.25, 0.3) is 0 Å². The quantitative estimate of drug-likeness (QED) is 0.268. The van der Waals surface area contributed by atoms with Gasteiger partial charge in [-0.2, -0.15) is 5.26 Å². The van der Waals surface area contributed by atoms with Gasteiger partial charge in [0, 0.05) is 73.3 Å². The van der Waals surface area contributed by atoms with Crippen molar-refractivity contribution in [3.8, 4) is 11.8 Å². The highest BCUT2D eigenvalue weighted by Gasteiger charge is 2.64. The van der Waals surface area contributed by atoms with Crippen molar-refractivity contribution in [1.82, 2.24) is 20.4 Å². The predicted molar refractivity (Wildman–Crippen MR) is 213 cm³/mol. The summed E-state index contributed by atoms with van der Waals surface area (Å²) in [5.41, 5.74) is 4.13. The van der Waals surface area contributed by atoms with Crippen molar-refractivity contribution in [2.45, 2.75) is 91.6 Å². The number of nitriles is 1. The molecule has 3 fully saturated rings. The van der Waals surface area contributed by atoms with Gasteiger partial charge >= 0.3 is 0 Å². The molecule has 0 radical (unpaired) electrons. The van der Waals surface area contributed by atoms with Gasteiger partial charge in [0.25, 0.3) is 17.7 Å². The molecule has 5 aliphatic rings. The molecule has 0 spiro atoms. The summed E-state index contributed by atoms with van der Waals surface area (Å²) < 4.78 is 6.38. The van der Waals surface area contributed by atoms with Crippen LogP contribution in [-0.4, -0.2) is 77.2 Å². The Morgan fingerprint density at radius 2 is 1.53 bits per heavy atom. The number of ether oxygens (including phenoxy) is 1. The number of rotatable bonds is 8. The molecule has 1 saturated carbocycles. The average molecular weight is 791 g/mol. The molecule has 0 bridgehead atoms. The standard InChI is InChI=1S/C44H47ClN6O6/c1-42(2)40(43(3,4)41(42)57-30-11-8-26(21-46)33(45)20-30)48-36(53)25-6-9-29(10-7-25)50-16-14-44(5,15-17-50)24-49-22-27-18-31-32(19-28(27)23-49)39(56)51(38(31)55)34-12-13-35(52)47-37(34)54/h6-11,18-20,34,40-41H,12-17,22-24H2,1-5H3,(H,48,53)(H,47,52,54). The molecule has 5 amide bonds. The highest BCUT2D eigenvalue weighted by molar-refractivity contribution is 6.31. The third-order valence-electron chi connectivity index (χ3n) is 13.0. The van der Waals surface area contributed by atoms with Crippen LogP contribution in [0.4, 0.5) is 5.69 Å². The lowest BCUT2D eigenvalue weighted by atomic mass is 9.49. The van der Waals surface area contributed by atoms with Crippen LogP contribution >= 0.6 is 11.6 Å². The first-order valence-corrected chi connectivity index (χ1v) is 20.0. The molecule has 12 nitrogen and oxygen atoms in total. The summed E-state index contributed by atoms with van der Waals surface area (Å²) in [5.74, 6) is -1.49. The monoisotopic (exact) mass is 790 g/mol. The van der Waals surface area contributed by atoms with Crippen molar-refractivity contribution in [3.63, 3.8) is 0 Å². The third-order valence-corrected chi connectivity index (χ3v) is 13.4. The van der Waals surface area contributed by atoms with E-state index in [1.807, 2.05) is 36.4 Å². The number of nitrogens with one attached hydrogen (secondary N) is 2. The van der Waals surface area contributed by atoms with Gasteiger partial charge in [0.15, 0.2) is 0 Å². The van der Waals surface area contributed by atoms with E-state index >= 15 is 0 Å². The van der Waals surface area contributed by atoms with Gasteiger partial charge in [-0.05, 0) is 84.3 Å². The minimum Gasteiger partial charge on any atom is -0.489 e. The van der Waals surface area contributed by atoms with E-state index in [0.717, 1.165) is 54.2 Å². The van der Waals surface area contributed by atoms with Gasteiger partial charge in [-0.3, -0.25) is 39.1 Å². The second kappa shape index (κ2) is 14.0. The van der Waals surface area contributed by atoms with E-state index in [1.54, 1.807) is 18.2 Å². The van der Waals surface area contributed by atoms with Crippen molar-refractivity contribution in [3.05, 3.63) is 93.0 Å². The van der Waals surface area contributed by atoms with E-state index in [1.165, 1.54) is 0 Å². The molecule has 57 heavy (non-hydrogen) atoms. The maximum atomic E-state index is 13.5. The maximum absolute atomic E-state index is 13.5. The molecular formula is C44H47ClN6O6. The molecule has 0 aromatic heterocycles. The Morgan fingerprint density at radius 3 is 2.09 bits per heavy atom. The number of imide groups is 2. The van der Waals surface area contributed by atoms with Crippen LogP contribution in [0.2, 0.25) is 5.02 Å². The first kappa shape index (κ1) is 38.6. The fourth-order valence-corrected chi connectivity index (χ4v) is 10.4. The van der Waals surface area contributed by atoms with Crippen LogP contribution < -0.4 is 20.3 Å². The summed E-state index contributed by atoms with van der Waals surface area (Å²) in [4.78, 5) is 70.1. The summed E-state index contributed by atoms with van der Waals surface area (Å²) in [6.45, 7) is 14.7. The fraction of sp³-hybridized carbons (Fsp3) is 0.455. The topological polar surface area (TPSA) is 152 Å². The van der Waals surface area contributed by atoms with Crippen molar-refractivity contribution in [2.75, 3.05) is 24.5 Å². The number of nitrogens with zero attached hydrogens (tertiary/aromatic N) is 4. The van der Waals surface area contributed by atoms with E-state index in [4.69, 9.17) is 16.3 Å². The minimum absolute atomic E-state index is 0.0750. The molecule has 2 N–H and O–H groups in total. The number of amides is 5. The van der Waals surface area contributed by atoms with Gasteiger partial charge in [-0.15, -0.1) is 0 Å². The van der Waals surface area contributed by atoms with Gasteiger partial charge in [0.1, 0.15) is 24.0 Å². The van der Waals surface area contributed by atoms with Gasteiger partial charge in [-0.1, -0.05) is 46.2 Å². The molecule has 296 valence electrons. The SMILES string of the molecule is CC1(CN2Cc3cc4c(cc3C2)C(=O)N(C2CCC(=O)NC2=O)C4=O)CCN(c2ccc(C(=O)NC3C(C)(C)C(Oc4ccc(C#N)c(Cl)c4)C3(C)C)cc2)CC1. The minimum atomic E-state index is -0.971. The average Bonchev–Trinajstić information content (AvgIpc) is 3.67. The normalized spacial score (nSPS) is 24.6. The van der Waals surface area contributed by atoms with Gasteiger partial charge in [0.2, 0.25) is 11.8 Å². The van der Waals surface area contributed by atoms with Crippen LogP contribution in [-0.2, 0) is 22.7 Å². The molecule has 1 unspecified atom stereocenters. The zero-order valence-corrected chi connectivity index (χ0v) is 33.7. The summed E-state index contributed by atoms with van der Waals surface area (Å²) in [6, 6.07) is 17.5. The van der Waals surface area contributed by atoms with Crippen molar-refractivity contribution >= 4 is 46.8 Å². The van der Waals surface area contributed by atoms with E-state index in [-0.39, 0.29) is 47.1 Å². The molecule has 8 rings (SSSR count). The Labute approximate surface area is 337 Å². The van der Waals surface area contributed by atoms with E-state index in [2.05, 4.69) is 61.1 Å². The van der Waals surface area contributed by atoms with Crippen LogP contribution in [0.3, 0.4) is 0 Å². The number of benzene rings is 3. The van der Waals surface area contributed by atoms with E-state index < -0.39 is 29.7 Å². The Morgan fingerprint density at radius 1 is 0.912 bits per heavy atom. The van der Waals surface area contributed by atoms with Gasteiger partial charge in [0.05, 0.1) is 21.7 Å². The van der Waals surface area contributed by atoms with E-state index in [9.17, 15) is 29.2 Å². The highest BCUT2D eigenvalue weighted by Crippen LogP contribution is 2.55. The highest BCUT2D eigenvalue weighted by atomic mass is 35.5. The summed E-state index contributed by atoms with van der Waals surface area (Å²) in [7, 11) is 0. The number of fused-ring (bicyclic) bond motifs is 2. The first-order valence-electron chi connectivity index (χ1n) is 19.6. The largest absolute Gasteiger partial charge is 0.489 e. The predicted octanol–water partition coefficient (Wildman–Crippen LogP) is 5.85. The molecular weight excluding hydrogens is 744 g/mol. The summed E-state index contributed by atoms with van der Waals surface area (Å²) in [6.07, 6.45) is 2.01. The molecule has 13 heteroatoms. The number of halogens is 1. The summed E-state index contributed by atoms with van der Waals surface area (Å²) >= 11 is 6.25. The van der Waals surface area contributed by atoms with Crippen molar-refractivity contribution < 1.29 is 28.7 Å². The number of carbonyl (C=O) groups is 5. The number of carbonyl (C=O) groups excluding carboxylic acids is 5. The zero-order valence-electron chi connectivity index (χ0n) is 32.9. The van der Waals surface area contributed by atoms with Gasteiger partial charge in [-0.25, -0.2) is 0 Å². The van der Waals surface area contributed by atoms with Crippen LogP contribution in [0.15, 0.2) is 54.6 Å². The molecule has 1 aliphatic carbocycles. The van der Waals surface area contributed by atoms with Crippen molar-refractivity contribution in [2.24, 2.45) is 16.2 Å². The lowest BCUT2D eigenvalue weighted by molar-refractivity contribution is -0.164. The molecule has 4 heterocycles. The van der Waals surface area contributed by atoms with Crippen LogP contribution in [0.1, 0.15) is 108 Å². The zero-order chi connectivity index (χ0) is 40.6. The number of piperidine rings is 2. The van der Waals surface area contributed by atoms with E-state index in [0.29, 0.717) is 46.1 Å². The Bertz CT molecular complexity index is 2190. The second-order valence-electron chi connectivity index (χ2n) is 17.9. The lowest BCUT2D eigenvalue weighted by Gasteiger charge is -2.63. The Hall–Kier alpha value is -5.25. The second-order valence-corrected chi connectivity index (χ2v) is 18.3. The maximum Gasteiger partial charge on any atom is 0.262 e. The number of hydrogen-bond donors (Lipinski definition) is 2. The molecule has 2 saturated heterocycles. The first-order chi connectivity index (χ1) is 27.0. The fourth-order valence-electron chi connectivity index (χ4n) is 10.2. The molecule has 3 aromatic rings. The molecule has 4 aliphatic heterocycles.